The molecule has 1 atom stereocenters. The standard InChI is InChI=1S/C13H24N2O3/c1-9(2)13(18)14-8-6-5-7-12(10(3)16)15-11(4)17/h9,12H,5-8H2,1-4H3,(H,14,18)(H,15,17). The van der Waals surface area contributed by atoms with Crippen LogP contribution in [-0.2, 0) is 14.4 Å². The smallest absolute Gasteiger partial charge is 0.222 e. The lowest BCUT2D eigenvalue weighted by Gasteiger charge is -2.14. The van der Waals surface area contributed by atoms with Gasteiger partial charge in [0.25, 0.3) is 0 Å². The zero-order valence-electron chi connectivity index (χ0n) is 11.7. The lowest BCUT2D eigenvalue weighted by Crippen LogP contribution is -2.38. The van der Waals surface area contributed by atoms with Crippen LogP contribution in [0.5, 0.6) is 0 Å². The highest BCUT2D eigenvalue weighted by Gasteiger charge is 2.14. The molecule has 5 heteroatoms. The van der Waals surface area contributed by atoms with Crippen molar-refractivity contribution >= 4 is 17.6 Å². The Labute approximate surface area is 109 Å². The van der Waals surface area contributed by atoms with E-state index in [0.29, 0.717) is 13.0 Å². The maximum atomic E-state index is 11.3. The number of rotatable bonds is 8. The van der Waals surface area contributed by atoms with Crippen LogP contribution in [-0.4, -0.2) is 30.2 Å². The van der Waals surface area contributed by atoms with Gasteiger partial charge in [0.15, 0.2) is 5.78 Å². The molecule has 0 aliphatic carbocycles. The molecule has 0 spiro atoms. The first kappa shape index (κ1) is 16.6. The van der Waals surface area contributed by atoms with Crippen molar-refractivity contribution in [3.8, 4) is 0 Å². The van der Waals surface area contributed by atoms with E-state index < -0.39 is 6.04 Å². The van der Waals surface area contributed by atoms with E-state index in [1.165, 1.54) is 13.8 Å². The van der Waals surface area contributed by atoms with E-state index in [1.807, 2.05) is 13.8 Å². The highest BCUT2D eigenvalue weighted by atomic mass is 16.2. The first-order valence-corrected chi connectivity index (χ1v) is 6.39. The third kappa shape index (κ3) is 7.81. The van der Waals surface area contributed by atoms with E-state index in [-0.39, 0.29) is 23.5 Å². The first-order valence-electron chi connectivity index (χ1n) is 6.39. The molecule has 2 N–H and O–H groups in total. The molecule has 0 aliphatic heterocycles. The summed E-state index contributed by atoms with van der Waals surface area (Å²) >= 11 is 0. The van der Waals surface area contributed by atoms with Crippen molar-refractivity contribution in [2.24, 2.45) is 5.92 Å². The molecule has 1 unspecified atom stereocenters. The van der Waals surface area contributed by atoms with Crippen molar-refractivity contribution in [3.63, 3.8) is 0 Å². The predicted molar refractivity (Wildman–Crippen MR) is 70.0 cm³/mol. The highest BCUT2D eigenvalue weighted by Crippen LogP contribution is 2.02. The van der Waals surface area contributed by atoms with Gasteiger partial charge in [0.2, 0.25) is 11.8 Å². The zero-order chi connectivity index (χ0) is 14.1. The average Bonchev–Trinajstić information content (AvgIpc) is 2.25. The van der Waals surface area contributed by atoms with Gasteiger partial charge in [0.05, 0.1) is 6.04 Å². The van der Waals surface area contributed by atoms with Crippen LogP contribution in [0.15, 0.2) is 0 Å². The quantitative estimate of drug-likeness (QED) is 0.637. The Balaban J connectivity index is 3.77. The third-order valence-electron chi connectivity index (χ3n) is 2.61. The highest BCUT2D eigenvalue weighted by molar-refractivity contribution is 5.86. The zero-order valence-corrected chi connectivity index (χ0v) is 11.7. The molecular weight excluding hydrogens is 232 g/mol. The molecule has 0 fully saturated rings. The number of amides is 2. The summed E-state index contributed by atoms with van der Waals surface area (Å²) in [6.45, 7) is 7.18. The van der Waals surface area contributed by atoms with E-state index in [9.17, 15) is 14.4 Å². The molecule has 0 aliphatic rings. The summed E-state index contributed by atoms with van der Waals surface area (Å²) in [6.07, 6.45) is 2.22. The molecule has 0 rings (SSSR count). The Hall–Kier alpha value is -1.39. The number of carbonyl (C=O) groups excluding carboxylic acids is 3. The minimum absolute atomic E-state index is 0.00523. The average molecular weight is 256 g/mol. The summed E-state index contributed by atoms with van der Waals surface area (Å²) in [5.41, 5.74) is 0. The predicted octanol–water partition coefficient (Wildman–Crippen LogP) is 1.02. The molecule has 0 aromatic rings. The van der Waals surface area contributed by atoms with Gasteiger partial charge in [0.1, 0.15) is 0 Å². The SMILES string of the molecule is CC(=O)NC(CCCCNC(=O)C(C)C)C(C)=O. The minimum atomic E-state index is -0.400. The number of hydrogen-bond donors (Lipinski definition) is 2. The van der Waals surface area contributed by atoms with Gasteiger partial charge in [-0.3, -0.25) is 14.4 Å². The fourth-order valence-corrected chi connectivity index (χ4v) is 1.51. The number of hydrogen-bond acceptors (Lipinski definition) is 3. The minimum Gasteiger partial charge on any atom is -0.356 e. The summed E-state index contributed by atoms with van der Waals surface area (Å²) in [5.74, 6) is -0.186. The van der Waals surface area contributed by atoms with Gasteiger partial charge in [-0.25, -0.2) is 0 Å². The largest absolute Gasteiger partial charge is 0.356 e. The van der Waals surface area contributed by atoms with Crippen LogP contribution in [0.2, 0.25) is 0 Å². The van der Waals surface area contributed by atoms with Crippen LogP contribution in [0.4, 0.5) is 0 Å². The molecule has 0 aromatic carbocycles. The Morgan fingerprint density at radius 1 is 1.06 bits per heavy atom. The molecule has 5 nitrogen and oxygen atoms in total. The van der Waals surface area contributed by atoms with E-state index in [0.717, 1.165) is 12.8 Å². The molecule has 0 bridgehead atoms. The molecule has 0 aromatic heterocycles. The maximum Gasteiger partial charge on any atom is 0.222 e. The Kier molecular flexibility index (Phi) is 8.00. The monoisotopic (exact) mass is 256 g/mol. The number of ketones is 1. The Morgan fingerprint density at radius 2 is 1.67 bits per heavy atom. The normalized spacial score (nSPS) is 12.1. The van der Waals surface area contributed by atoms with Gasteiger partial charge in [-0.1, -0.05) is 13.8 Å². The van der Waals surface area contributed by atoms with Crippen molar-refractivity contribution in [1.29, 1.82) is 0 Å². The van der Waals surface area contributed by atoms with Crippen molar-refractivity contribution < 1.29 is 14.4 Å². The van der Waals surface area contributed by atoms with Crippen molar-refractivity contribution in [3.05, 3.63) is 0 Å². The Bertz CT molecular complexity index is 301. The fraction of sp³-hybridized carbons (Fsp3) is 0.769. The molecule has 0 saturated carbocycles. The number of carbonyl (C=O) groups is 3. The maximum absolute atomic E-state index is 11.3. The summed E-state index contributed by atoms with van der Waals surface area (Å²) < 4.78 is 0. The van der Waals surface area contributed by atoms with E-state index in [1.54, 1.807) is 0 Å². The second-order valence-corrected chi connectivity index (χ2v) is 4.81. The van der Waals surface area contributed by atoms with Crippen LogP contribution in [0.25, 0.3) is 0 Å². The fourth-order valence-electron chi connectivity index (χ4n) is 1.51. The number of unbranched alkanes of at least 4 members (excludes halogenated alkanes) is 1. The summed E-state index contributed by atoms with van der Waals surface area (Å²) in [7, 11) is 0. The van der Waals surface area contributed by atoms with Crippen molar-refractivity contribution in [2.45, 2.75) is 53.0 Å². The van der Waals surface area contributed by atoms with Gasteiger partial charge in [-0.05, 0) is 26.2 Å². The van der Waals surface area contributed by atoms with Gasteiger partial charge in [-0.2, -0.15) is 0 Å². The first-order chi connectivity index (χ1) is 8.34. The van der Waals surface area contributed by atoms with Gasteiger partial charge >= 0.3 is 0 Å². The van der Waals surface area contributed by atoms with E-state index >= 15 is 0 Å². The molecule has 0 radical (unpaired) electrons. The van der Waals surface area contributed by atoms with Crippen LogP contribution in [0.3, 0.4) is 0 Å². The van der Waals surface area contributed by atoms with Crippen molar-refractivity contribution in [2.75, 3.05) is 6.54 Å². The molecular formula is C13H24N2O3. The van der Waals surface area contributed by atoms with Crippen molar-refractivity contribution in [1.82, 2.24) is 10.6 Å². The summed E-state index contributed by atoms with van der Waals surface area (Å²) in [6, 6.07) is -0.400. The number of Topliss-reactive ketones (excluding diaryl/α,β-unsaturated/α-hetero) is 1. The molecule has 18 heavy (non-hydrogen) atoms. The lowest BCUT2D eigenvalue weighted by atomic mass is 10.1. The number of nitrogens with one attached hydrogen (secondary N) is 2. The Morgan fingerprint density at radius 3 is 2.11 bits per heavy atom. The molecule has 2 amide bonds. The van der Waals surface area contributed by atoms with Gasteiger partial charge in [0, 0.05) is 19.4 Å². The summed E-state index contributed by atoms with van der Waals surface area (Å²) in [5, 5.41) is 5.44. The second-order valence-electron chi connectivity index (χ2n) is 4.81. The molecule has 0 saturated heterocycles. The van der Waals surface area contributed by atoms with Crippen LogP contribution >= 0.6 is 0 Å². The molecule has 104 valence electrons. The second kappa shape index (κ2) is 8.66. The topological polar surface area (TPSA) is 75.3 Å². The summed E-state index contributed by atoms with van der Waals surface area (Å²) in [4.78, 5) is 33.4. The van der Waals surface area contributed by atoms with Crippen LogP contribution in [0, 0.1) is 5.92 Å². The van der Waals surface area contributed by atoms with E-state index in [2.05, 4.69) is 10.6 Å². The van der Waals surface area contributed by atoms with Crippen LogP contribution < -0.4 is 10.6 Å². The van der Waals surface area contributed by atoms with Gasteiger partial charge in [-0.15, -0.1) is 0 Å². The van der Waals surface area contributed by atoms with Crippen LogP contribution in [0.1, 0.15) is 47.0 Å². The van der Waals surface area contributed by atoms with Gasteiger partial charge < -0.3 is 10.6 Å². The molecule has 0 heterocycles. The lowest BCUT2D eigenvalue weighted by molar-refractivity contribution is -0.125. The van der Waals surface area contributed by atoms with E-state index in [4.69, 9.17) is 0 Å². The third-order valence-corrected chi connectivity index (χ3v) is 2.61.